The van der Waals surface area contributed by atoms with Gasteiger partial charge in [-0.25, -0.2) is 0 Å². The first-order valence-electron chi connectivity index (χ1n) is 8.96. The molecule has 0 bridgehead atoms. The topological polar surface area (TPSA) is 56.9 Å². The normalized spacial score (nSPS) is 15.5. The van der Waals surface area contributed by atoms with Gasteiger partial charge in [0.1, 0.15) is 17.6 Å². The summed E-state index contributed by atoms with van der Waals surface area (Å²) in [6.07, 6.45) is 1.47. The van der Waals surface area contributed by atoms with Crippen molar-refractivity contribution in [1.29, 1.82) is 0 Å². The Kier molecular flexibility index (Phi) is 6.45. The summed E-state index contributed by atoms with van der Waals surface area (Å²) in [5.74, 6) is 0.156. The molecule has 1 aliphatic rings. The quantitative estimate of drug-likeness (QED) is 0.630. The summed E-state index contributed by atoms with van der Waals surface area (Å²) in [4.78, 5) is 17.6. The van der Waals surface area contributed by atoms with Gasteiger partial charge < -0.3 is 14.4 Å². The molecule has 28 heavy (non-hydrogen) atoms. The van der Waals surface area contributed by atoms with Crippen molar-refractivity contribution in [2.24, 2.45) is 0 Å². The Morgan fingerprint density at radius 2 is 1.75 bits per heavy atom. The summed E-state index contributed by atoms with van der Waals surface area (Å²) in [5.41, 5.74) is 2.24. The lowest BCUT2D eigenvalue weighted by atomic mass is 10.0. The van der Waals surface area contributed by atoms with Crippen molar-refractivity contribution in [3.63, 3.8) is 0 Å². The molecular weight excluding hydrogens is 444 g/mol. The van der Waals surface area contributed by atoms with E-state index in [1.807, 2.05) is 0 Å². The van der Waals surface area contributed by atoms with Crippen molar-refractivity contribution in [1.82, 2.24) is 9.80 Å². The SMILES string of the molecule is Br.CN1CCN(Cc2c(O)ccc3c(=O)c(-c4ccc(Cl)cc4)coc23)CC1. The predicted molar refractivity (Wildman–Crippen MR) is 118 cm³/mol. The average molecular weight is 466 g/mol. The molecule has 1 fully saturated rings. The number of phenolic OH excluding ortho intramolecular Hbond substituents is 1. The van der Waals surface area contributed by atoms with Gasteiger partial charge in [0.15, 0.2) is 0 Å². The molecule has 7 heteroatoms. The molecule has 4 rings (SSSR count). The summed E-state index contributed by atoms with van der Waals surface area (Å²) in [6.45, 7) is 4.35. The van der Waals surface area contributed by atoms with Gasteiger partial charge in [0.25, 0.3) is 0 Å². The van der Waals surface area contributed by atoms with Crippen LogP contribution in [0.1, 0.15) is 5.56 Å². The van der Waals surface area contributed by atoms with Crippen LogP contribution in [0.25, 0.3) is 22.1 Å². The van der Waals surface area contributed by atoms with Crippen LogP contribution >= 0.6 is 28.6 Å². The first-order chi connectivity index (χ1) is 13.0. The zero-order valence-corrected chi connectivity index (χ0v) is 18.0. The Morgan fingerprint density at radius 1 is 1.07 bits per heavy atom. The van der Waals surface area contributed by atoms with Crippen LogP contribution in [0.5, 0.6) is 5.75 Å². The number of hydrogen-bond donors (Lipinski definition) is 1. The van der Waals surface area contributed by atoms with E-state index in [2.05, 4.69) is 16.8 Å². The Morgan fingerprint density at radius 3 is 2.43 bits per heavy atom. The molecular formula is C21H22BrClN2O3. The molecule has 1 aliphatic heterocycles. The molecule has 3 aromatic rings. The van der Waals surface area contributed by atoms with Crippen molar-refractivity contribution in [2.45, 2.75) is 6.54 Å². The van der Waals surface area contributed by atoms with Gasteiger partial charge in [-0.3, -0.25) is 9.69 Å². The maximum absolute atomic E-state index is 13.0. The number of phenols is 1. The number of aromatic hydroxyl groups is 1. The molecule has 0 atom stereocenters. The monoisotopic (exact) mass is 464 g/mol. The molecule has 0 radical (unpaired) electrons. The first kappa shape index (κ1) is 20.9. The van der Waals surface area contributed by atoms with E-state index in [9.17, 15) is 9.90 Å². The minimum atomic E-state index is -0.113. The molecule has 1 saturated heterocycles. The first-order valence-corrected chi connectivity index (χ1v) is 9.34. The van der Waals surface area contributed by atoms with Crippen molar-refractivity contribution in [3.05, 3.63) is 63.5 Å². The summed E-state index contributed by atoms with van der Waals surface area (Å²) in [6, 6.07) is 10.3. The van der Waals surface area contributed by atoms with Crippen molar-refractivity contribution in [3.8, 4) is 16.9 Å². The second-order valence-corrected chi connectivity index (χ2v) is 7.44. The van der Waals surface area contributed by atoms with Gasteiger partial charge in [-0.05, 0) is 36.9 Å². The zero-order chi connectivity index (χ0) is 19.0. The third-order valence-corrected chi connectivity index (χ3v) is 5.40. The van der Waals surface area contributed by atoms with Crippen molar-refractivity contribution < 1.29 is 9.52 Å². The zero-order valence-electron chi connectivity index (χ0n) is 15.5. The molecule has 0 amide bonds. The Bertz CT molecular complexity index is 1030. The Balaban J connectivity index is 0.00000225. The highest BCUT2D eigenvalue weighted by Crippen LogP contribution is 2.29. The minimum absolute atomic E-state index is 0. The van der Waals surface area contributed by atoms with Crippen molar-refractivity contribution >= 4 is 39.6 Å². The molecule has 1 aromatic heterocycles. The molecule has 5 nitrogen and oxygen atoms in total. The van der Waals surface area contributed by atoms with Crippen LogP contribution in [0.15, 0.2) is 51.9 Å². The highest BCUT2D eigenvalue weighted by atomic mass is 79.9. The van der Waals surface area contributed by atoms with E-state index in [0.717, 1.165) is 31.7 Å². The fraction of sp³-hybridized carbons (Fsp3) is 0.286. The molecule has 0 unspecified atom stereocenters. The molecule has 2 aromatic carbocycles. The molecule has 2 heterocycles. The highest BCUT2D eigenvalue weighted by molar-refractivity contribution is 8.93. The van der Waals surface area contributed by atoms with Gasteiger partial charge in [-0.2, -0.15) is 0 Å². The second-order valence-electron chi connectivity index (χ2n) is 7.00. The maximum atomic E-state index is 13.0. The smallest absolute Gasteiger partial charge is 0.200 e. The van der Waals surface area contributed by atoms with Gasteiger partial charge >= 0.3 is 0 Å². The number of halogens is 2. The van der Waals surface area contributed by atoms with Crippen LogP contribution < -0.4 is 5.43 Å². The fourth-order valence-corrected chi connectivity index (χ4v) is 3.58. The number of benzene rings is 2. The summed E-state index contributed by atoms with van der Waals surface area (Å²) < 4.78 is 5.85. The van der Waals surface area contributed by atoms with Gasteiger partial charge in [-0.1, -0.05) is 23.7 Å². The van der Waals surface area contributed by atoms with Crippen molar-refractivity contribution in [2.75, 3.05) is 33.2 Å². The third-order valence-electron chi connectivity index (χ3n) is 5.15. The second kappa shape index (κ2) is 8.66. The molecule has 1 N–H and O–H groups in total. The molecule has 148 valence electrons. The standard InChI is InChI=1S/C21H21ClN2O3.BrH/c1-23-8-10-24(11-9-23)12-17-19(25)7-6-16-20(26)18(13-27-21(16)17)14-2-4-15(22)5-3-14;/h2-7,13,25H,8-12H2,1H3;1H. The molecule has 0 aliphatic carbocycles. The summed E-state index contributed by atoms with van der Waals surface area (Å²) in [7, 11) is 2.10. The Hall–Kier alpha value is -1.86. The van der Waals surface area contributed by atoms with E-state index in [4.69, 9.17) is 16.0 Å². The van der Waals surface area contributed by atoms with E-state index in [0.29, 0.717) is 33.7 Å². The van der Waals surface area contributed by atoms with Crippen LogP contribution in [-0.4, -0.2) is 48.1 Å². The van der Waals surface area contributed by atoms with Gasteiger partial charge in [0, 0.05) is 37.7 Å². The number of rotatable bonds is 3. The minimum Gasteiger partial charge on any atom is -0.507 e. The fourth-order valence-electron chi connectivity index (χ4n) is 3.46. The lowest BCUT2D eigenvalue weighted by Crippen LogP contribution is -2.43. The van der Waals surface area contributed by atoms with E-state index in [-0.39, 0.29) is 28.2 Å². The van der Waals surface area contributed by atoms with Crippen LogP contribution in [0, 0.1) is 0 Å². The number of hydrogen-bond acceptors (Lipinski definition) is 5. The van der Waals surface area contributed by atoms with Crippen LogP contribution in [0.3, 0.4) is 0 Å². The largest absolute Gasteiger partial charge is 0.507 e. The van der Waals surface area contributed by atoms with E-state index < -0.39 is 0 Å². The van der Waals surface area contributed by atoms with E-state index in [1.165, 1.54) is 6.26 Å². The number of piperazine rings is 1. The molecule has 0 spiro atoms. The highest BCUT2D eigenvalue weighted by Gasteiger charge is 2.20. The van der Waals surface area contributed by atoms with Crippen LogP contribution in [0.4, 0.5) is 0 Å². The van der Waals surface area contributed by atoms with E-state index >= 15 is 0 Å². The van der Waals surface area contributed by atoms with E-state index in [1.54, 1.807) is 36.4 Å². The lowest BCUT2D eigenvalue weighted by Gasteiger charge is -2.32. The average Bonchev–Trinajstić information content (AvgIpc) is 2.67. The summed E-state index contributed by atoms with van der Waals surface area (Å²) >= 11 is 5.94. The van der Waals surface area contributed by atoms with Gasteiger partial charge in [0.05, 0.1) is 16.5 Å². The lowest BCUT2D eigenvalue weighted by molar-refractivity contribution is 0.147. The number of nitrogens with zero attached hydrogens (tertiary/aromatic N) is 2. The van der Waals surface area contributed by atoms with Crippen LogP contribution in [0.2, 0.25) is 5.02 Å². The number of fused-ring (bicyclic) bond motifs is 1. The van der Waals surface area contributed by atoms with Gasteiger partial charge in [0.2, 0.25) is 5.43 Å². The maximum Gasteiger partial charge on any atom is 0.200 e. The Labute approximate surface area is 178 Å². The van der Waals surface area contributed by atoms with Crippen LogP contribution in [-0.2, 0) is 6.54 Å². The van der Waals surface area contributed by atoms with Gasteiger partial charge in [-0.15, -0.1) is 17.0 Å². The summed E-state index contributed by atoms with van der Waals surface area (Å²) in [5, 5.41) is 11.5. The molecule has 0 saturated carbocycles. The third kappa shape index (κ3) is 4.10. The predicted octanol–water partition coefficient (Wildman–Crippen LogP) is 4.14. The number of likely N-dealkylation sites (N-methyl/N-ethyl adjacent to an activating group) is 1.